The van der Waals surface area contributed by atoms with Crippen molar-refractivity contribution >= 4 is 20.1 Å². The van der Waals surface area contributed by atoms with Crippen LogP contribution >= 0.6 is 0 Å². The van der Waals surface area contributed by atoms with Crippen LogP contribution in [-0.2, 0) is 18.8 Å². The second kappa shape index (κ2) is 8.42. The lowest BCUT2D eigenvalue weighted by atomic mass is 9.96. The number of rotatable bonds is 4. The number of hydrogen-bond acceptors (Lipinski definition) is 4. The molecule has 0 aromatic carbocycles. The molecule has 170 valence electrons. The lowest BCUT2D eigenvalue weighted by molar-refractivity contribution is -0.191. The van der Waals surface area contributed by atoms with E-state index in [1.54, 1.807) is 10.6 Å². The number of hydrogen-bond donors (Lipinski definition) is 2. The van der Waals surface area contributed by atoms with Crippen molar-refractivity contribution in [3.05, 3.63) is 0 Å². The van der Waals surface area contributed by atoms with Crippen LogP contribution in [0.15, 0.2) is 0 Å². The maximum Gasteiger partial charge on any atom is 0.471 e. The van der Waals surface area contributed by atoms with E-state index in [1.807, 2.05) is 33.9 Å². The zero-order valence-electron chi connectivity index (χ0n) is 16.9. The average molecular weight is 452 g/mol. The van der Waals surface area contributed by atoms with Gasteiger partial charge in [-0.25, -0.2) is 0 Å². The quantitative estimate of drug-likeness (QED) is 0.507. The van der Waals surface area contributed by atoms with Crippen LogP contribution in [0.4, 0.5) is 26.3 Å². The number of carbonyl (C=O) groups excluding carboxylic acids is 2. The van der Waals surface area contributed by atoms with Crippen molar-refractivity contribution in [3.63, 3.8) is 0 Å². The van der Waals surface area contributed by atoms with Crippen LogP contribution in [0.3, 0.4) is 0 Å². The van der Waals surface area contributed by atoms with Crippen LogP contribution in [0.25, 0.3) is 0 Å². The maximum absolute atomic E-state index is 12.7. The monoisotopic (exact) mass is 452 g/mol. The van der Waals surface area contributed by atoms with Gasteiger partial charge in [-0.3, -0.25) is 9.59 Å². The molecule has 0 aromatic rings. The first-order valence-electron chi connectivity index (χ1n) is 8.84. The predicted molar refractivity (Wildman–Crippen MR) is 93.2 cm³/mol. The molecule has 0 radical (unpaired) electrons. The molecule has 13 heteroatoms. The first kappa shape index (κ1) is 25.7. The maximum atomic E-state index is 12.7. The smallest absolute Gasteiger partial charge is 0.392 e. The highest BCUT2D eigenvalue weighted by Gasteiger charge is 2.49. The van der Waals surface area contributed by atoms with E-state index in [2.05, 4.69) is 0 Å². The first-order chi connectivity index (χ1) is 12.8. The Hall–Kier alpha value is -1.34. The molecule has 1 aliphatic rings. The summed E-state index contributed by atoms with van der Waals surface area (Å²) in [5.74, 6) is -4.66. The summed E-state index contributed by atoms with van der Waals surface area (Å²) in [6.07, 6.45) is -13.0. The summed E-state index contributed by atoms with van der Waals surface area (Å²) in [4.78, 5) is 22.7. The van der Waals surface area contributed by atoms with Crippen molar-refractivity contribution in [2.45, 2.75) is 89.1 Å². The third-order valence-corrected chi connectivity index (χ3v) is 9.58. The van der Waals surface area contributed by atoms with Crippen molar-refractivity contribution < 1.29 is 45.1 Å². The summed E-state index contributed by atoms with van der Waals surface area (Å²) < 4.78 is 87.3. The van der Waals surface area contributed by atoms with E-state index >= 15 is 0 Å². The Balaban J connectivity index is 3.09. The van der Waals surface area contributed by atoms with Gasteiger partial charge < -0.3 is 19.8 Å². The van der Waals surface area contributed by atoms with Gasteiger partial charge in [0.05, 0.1) is 18.2 Å². The normalized spacial score (nSPS) is 26.8. The lowest BCUT2D eigenvalue weighted by Gasteiger charge is -2.45. The predicted octanol–water partition coefficient (Wildman–Crippen LogP) is 3.24. The Bertz CT molecular complexity index is 618. The zero-order valence-corrected chi connectivity index (χ0v) is 17.9. The zero-order chi connectivity index (χ0) is 23.0. The molecule has 1 saturated heterocycles. The van der Waals surface area contributed by atoms with Gasteiger partial charge in [0.1, 0.15) is 6.29 Å². The molecule has 0 spiro atoms. The lowest BCUT2D eigenvalue weighted by Crippen LogP contribution is -2.65. The average Bonchev–Trinajstić information content (AvgIpc) is 2.46. The molecular weight excluding hydrogens is 426 g/mol. The number of nitrogens with one attached hydrogen (secondary N) is 2. The van der Waals surface area contributed by atoms with Crippen LogP contribution in [-0.4, -0.2) is 57.0 Å². The van der Waals surface area contributed by atoms with Crippen LogP contribution in [0.1, 0.15) is 34.1 Å². The topological polar surface area (TPSA) is 76.7 Å². The third-order valence-electron chi connectivity index (χ3n) is 5.11. The van der Waals surface area contributed by atoms with Crippen LogP contribution in [0.2, 0.25) is 18.1 Å². The minimum absolute atomic E-state index is 0.272. The summed E-state index contributed by atoms with van der Waals surface area (Å²) in [7, 11) is -2.44. The Morgan fingerprint density at radius 1 is 0.966 bits per heavy atom. The van der Waals surface area contributed by atoms with Gasteiger partial charge in [0, 0.05) is 6.42 Å². The highest BCUT2D eigenvalue weighted by molar-refractivity contribution is 6.74. The van der Waals surface area contributed by atoms with Crippen molar-refractivity contribution in [2.75, 3.05) is 0 Å². The second-order valence-electron chi connectivity index (χ2n) is 8.46. The van der Waals surface area contributed by atoms with Gasteiger partial charge >= 0.3 is 24.2 Å². The minimum Gasteiger partial charge on any atom is -0.392 e. The largest absolute Gasteiger partial charge is 0.471 e. The van der Waals surface area contributed by atoms with E-state index in [0.717, 1.165) is 0 Å². The second-order valence-corrected chi connectivity index (χ2v) is 13.2. The molecule has 2 amide bonds. The molecule has 0 saturated carbocycles. The highest BCUT2D eigenvalue weighted by atomic mass is 28.4. The van der Waals surface area contributed by atoms with Gasteiger partial charge in [0.25, 0.3) is 0 Å². The van der Waals surface area contributed by atoms with Gasteiger partial charge in [0.15, 0.2) is 8.32 Å². The Kier molecular flexibility index (Phi) is 7.46. The molecule has 1 rings (SSSR count). The van der Waals surface area contributed by atoms with Gasteiger partial charge in [0.2, 0.25) is 0 Å². The molecule has 0 aliphatic carbocycles. The number of alkyl halides is 6. The summed E-state index contributed by atoms with van der Waals surface area (Å²) >= 11 is 0. The molecule has 0 bridgehead atoms. The number of amides is 2. The Labute approximate surface area is 165 Å². The van der Waals surface area contributed by atoms with E-state index < -0.39 is 57.0 Å². The van der Waals surface area contributed by atoms with E-state index in [4.69, 9.17) is 9.16 Å². The number of carbonyl (C=O) groups is 2. The van der Waals surface area contributed by atoms with Gasteiger partial charge in [-0.05, 0) is 25.1 Å². The van der Waals surface area contributed by atoms with Crippen molar-refractivity contribution in [1.29, 1.82) is 0 Å². The minimum atomic E-state index is -5.24. The molecule has 1 aliphatic heterocycles. The third kappa shape index (κ3) is 6.85. The molecule has 2 N–H and O–H groups in total. The van der Waals surface area contributed by atoms with Crippen molar-refractivity contribution in [3.8, 4) is 0 Å². The summed E-state index contributed by atoms with van der Waals surface area (Å²) in [5, 5.41) is 3.00. The Morgan fingerprint density at radius 2 is 1.41 bits per heavy atom. The standard InChI is InChI=1S/C16H26F6N2O4Si/c1-8-11(24-13(26)16(20,21)22)9(23-12(25)15(17,18)19)7-10(27-8)28-29(5,6)14(2,3)4/h8-11H,7H2,1-6H3,(H,23,25)(H,24,26)/t8-,9-,10?,11+/m0/s1. The van der Waals surface area contributed by atoms with Gasteiger partial charge in [-0.2, -0.15) is 26.3 Å². The van der Waals surface area contributed by atoms with E-state index in [9.17, 15) is 35.9 Å². The molecule has 1 fully saturated rings. The van der Waals surface area contributed by atoms with E-state index in [-0.39, 0.29) is 11.5 Å². The summed E-state index contributed by atoms with van der Waals surface area (Å²) in [6, 6.07) is -3.01. The van der Waals surface area contributed by atoms with Crippen LogP contribution < -0.4 is 10.6 Å². The van der Waals surface area contributed by atoms with Crippen LogP contribution in [0, 0.1) is 0 Å². The fourth-order valence-electron chi connectivity index (χ4n) is 2.49. The molecule has 1 unspecified atom stereocenters. The number of halogens is 6. The highest BCUT2D eigenvalue weighted by Crippen LogP contribution is 2.39. The van der Waals surface area contributed by atoms with Gasteiger partial charge in [-0.1, -0.05) is 20.8 Å². The molecule has 0 aromatic heterocycles. The SMILES string of the molecule is C[C@@H]1OC(O[Si](C)(C)C(C)(C)C)C[C@H](NC(=O)C(F)(F)F)[C@@H]1NC(=O)C(F)(F)F. The van der Waals surface area contributed by atoms with E-state index in [1.165, 1.54) is 6.92 Å². The molecular formula is C16H26F6N2O4Si. The fourth-order valence-corrected chi connectivity index (χ4v) is 3.65. The van der Waals surface area contributed by atoms with E-state index in [0.29, 0.717) is 0 Å². The van der Waals surface area contributed by atoms with Crippen molar-refractivity contribution in [2.24, 2.45) is 0 Å². The molecule has 6 nitrogen and oxygen atoms in total. The number of ether oxygens (including phenoxy) is 1. The van der Waals surface area contributed by atoms with Crippen molar-refractivity contribution in [1.82, 2.24) is 10.6 Å². The summed E-state index contributed by atoms with van der Waals surface area (Å²) in [5.41, 5.74) is 0. The fraction of sp³-hybridized carbons (Fsp3) is 0.875. The van der Waals surface area contributed by atoms with Gasteiger partial charge in [-0.15, -0.1) is 0 Å². The Morgan fingerprint density at radius 3 is 1.83 bits per heavy atom. The molecule has 1 heterocycles. The first-order valence-corrected chi connectivity index (χ1v) is 11.7. The molecule has 29 heavy (non-hydrogen) atoms. The molecule has 4 atom stereocenters. The van der Waals surface area contributed by atoms with Crippen LogP contribution in [0.5, 0.6) is 0 Å². The summed E-state index contributed by atoms with van der Waals surface area (Å²) in [6.45, 7) is 10.8.